The summed E-state index contributed by atoms with van der Waals surface area (Å²) in [5.41, 5.74) is -1.32. The summed E-state index contributed by atoms with van der Waals surface area (Å²) in [6.07, 6.45) is -0.0600. The van der Waals surface area contributed by atoms with Crippen LogP contribution in [0.1, 0.15) is 18.9 Å². The quantitative estimate of drug-likeness (QED) is 0.892. The van der Waals surface area contributed by atoms with E-state index in [1.54, 1.807) is 19.1 Å². The Labute approximate surface area is 105 Å². The number of benzene rings is 1. The second-order valence-corrected chi connectivity index (χ2v) is 6.21. The SMILES string of the molecule is CCOC1(C(=O)O)CCS(=O)(=O)c2ccccc21. The lowest BCUT2D eigenvalue weighted by molar-refractivity contribution is -0.168. The van der Waals surface area contributed by atoms with Gasteiger partial charge in [-0.2, -0.15) is 0 Å². The summed E-state index contributed by atoms with van der Waals surface area (Å²) < 4.78 is 29.3. The number of carboxylic acid groups (broad SMARTS) is 1. The van der Waals surface area contributed by atoms with Crippen LogP contribution in [0.25, 0.3) is 0 Å². The van der Waals surface area contributed by atoms with Gasteiger partial charge >= 0.3 is 5.97 Å². The lowest BCUT2D eigenvalue weighted by Crippen LogP contribution is -2.44. The fourth-order valence-electron chi connectivity index (χ4n) is 2.27. The van der Waals surface area contributed by atoms with E-state index in [9.17, 15) is 18.3 Å². The lowest BCUT2D eigenvalue weighted by atomic mass is 9.90. The molecule has 1 N–H and O–H groups in total. The summed E-state index contributed by atoms with van der Waals surface area (Å²) in [5.74, 6) is -1.36. The van der Waals surface area contributed by atoms with E-state index in [-0.39, 0.29) is 29.2 Å². The summed E-state index contributed by atoms with van der Waals surface area (Å²) in [7, 11) is -3.41. The van der Waals surface area contributed by atoms with Crippen molar-refractivity contribution in [2.75, 3.05) is 12.4 Å². The topological polar surface area (TPSA) is 80.7 Å². The number of carbonyl (C=O) groups is 1. The highest BCUT2D eigenvalue weighted by Gasteiger charge is 2.48. The Morgan fingerprint density at radius 1 is 1.44 bits per heavy atom. The van der Waals surface area contributed by atoms with Crippen molar-refractivity contribution in [3.63, 3.8) is 0 Å². The zero-order valence-electron chi connectivity index (χ0n) is 9.92. The second kappa shape index (κ2) is 4.37. The summed E-state index contributed by atoms with van der Waals surface area (Å²) in [6, 6.07) is 6.15. The van der Waals surface area contributed by atoms with E-state index in [1.165, 1.54) is 12.1 Å². The third kappa shape index (κ3) is 1.81. The van der Waals surface area contributed by atoms with Crippen LogP contribution in [0.5, 0.6) is 0 Å². The predicted octanol–water partition coefficient (Wildman–Crippen LogP) is 1.18. The minimum atomic E-state index is -3.41. The van der Waals surface area contributed by atoms with E-state index in [1.807, 2.05) is 0 Å². The molecule has 98 valence electrons. The molecule has 1 aromatic carbocycles. The zero-order valence-corrected chi connectivity index (χ0v) is 10.7. The first-order valence-electron chi connectivity index (χ1n) is 5.63. The van der Waals surface area contributed by atoms with Gasteiger partial charge in [0.1, 0.15) is 0 Å². The largest absolute Gasteiger partial charge is 0.479 e. The number of hydrogen-bond acceptors (Lipinski definition) is 4. The summed E-state index contributed by atoms with van der Waals surface area (Å²) in [6.45, 7) is 1.90. The molecule has 1 unspecified atom stereocenters. The molecule has 0 aliphatic carbocycles. The first-order valence-corrected chi connectivity index (χ1v) is 7.29. The molecule has 0 amide bonds. The molecule has 0 saturated carbocycles. The molecule has 0 radical (unpaired) electrons. The maximum atomic E-state index is 11.9. The fraction of sp³-hybridized carbons (Fsp3) is 0.417. The molecule has 1 atom stereocenters. The zero-order chi connectivity index (χ0) is 13.4. The molecule has 0 aromatic heterocycles. The third-order valence-electron chi connectivity index (χ3n) is 3.12. The number of ether oxygens (including phenoxy) is 1. The van der Waals surface area contributed by atoms with E-state index in [0.29, 0.717) is 0 Å². The monoisotopic (exact) mass is 270 g/mol. The van der Waals surface area contributed by atoms with Gasteiger partial charge < -0.3 is 9.84 Å². The van der Waals surface area contributed by atoms with Gasteiger partial charge in [0, 0.05) is 18.6 Å². The van der Waals surface area contributed by atoms with Gasteiger partial charge in [0.05, 0.1) is 10.6 Å². The Balaban J connectivity index is 2.70. The molecular formula is C12H14O5S. The third-order valence-corrected chi connectivity index (χ3v) is 4.88. The number of sulfone groups is 1. The van der Waals surface area contributed by atoms with Crippen LogP contribution >= 0.6 is 0 Å². The predicted molar refractivity (Wildman–Crippen MR) is 64.1 cm³/mol. The van der Waals surface area contributed by atoms with Crippen molar-refractivity contribution < 1.29 is 23.1 Å². The van der Waals surface area contributed by atoms with Gasteiger partial charge in [-0.25, -0.2) is 13.2 Å². The summed E-state index contributed by atoms with van der Waals surface area (Å²) in [5, 5.41) is 9.42. The van der Waals surface area contributed by atoms with Crippen LogP contribution in [0, 0.1) is 0 Å². The maximum absolute atomic E-state index is 11.9. The first-order chi connectivity index (χ1) is 8.44. The van der Waals surface area contributed by atoms with Crippen molar-refractivity contribution in [2.45, 2.75) is 23.8 Å². The van der Waals surface area contributed by atoms with Crippen LogP contribution in [-0.4, -0.2) is 31.9 Å². The minimum absolute atomic E-state index is 0.0600. The normalized spacial score (nSPS) is 25.4. The van der Waals surface area contributed by atoms with Crippen molar-refractivity contribution in [1.82, 2.24) is 0 Å². The Morgan fingerprint density at radius 3 is 2.72 bits per heavy atom. The van der Waals surface area contributed by atoms with Crippen LogP contribution in [0.4, 0.5) is 0 Å². The van der Waals surface area contributed by atoms with Crippen molar-refractivity contribution in [3.05, 3.63) is 29.8 Å². The van der Waals surface area contributed by atoms with Crippen molar-refractivity contribution in [2.24, 2.45) is 0 Å². The minimum Gasteiger partial charge on any atom is -0.479 e. The average molecular weight is 270 g/mol. The van der Waals surface area contributed by atoms with Crippen molar-refractivity contribution in [1.29, 1.82) is 0 Å². The lowest BCUT2D eigenvalue weighted by Gasteiger charge is -2.34. The second-order valence-electron chi connectivity index (χ2n) is 4.13. The van der Waals surface area contributed by atoms with Gasteiger partial charge in [-0.15, -0.1) is 0 Å². The number of rotatable bonds is 3. The molecule has 1 aliphatic rings. The molecule has 6 heteroatoms. The highest BCUT2D eigenvalue weighted by molar-refractivity contribution is 7.91. The fourth-order valence-corrected chi connectivity index (χ4v) is 3.90. The van der Waals surface area contributed by atoms with Gasteiger partial charge in [-0.05, 0) is 13.0 Å². The number of aliphatic carboxylic acids is 1. The highest BCUT2D eigenvalue weighted by atomic mass is 32.2. The van der Waals surface area contributed by atoms with Crippen LogP contribution in [-0.2, 0) is 25.0 Å². The summed E-state index contributed by atoms with van der Waals surface area (Å²) >= 11 is 0. The molecule has 0 spiro atoms. The molecular weight excluding hydrogens is 256 g/mol. The number of hydrogen-bond donors (Lipinski definition) is 1. The smallest absolute Gasteiger partial charge is 0.340 e. The summed E-state index contributed by atoms with van der Waals surface area (Å²) in [4.78, 5) is 11.6. The van der Waals surface area contributed by atoms with E-state index in [0.717, 1.165) is 0 Å². The number of fused-ring (bicyclic) bond motifs is 1. The Kier molecular flexibility index (Phi) is 3.16. The van der Waals surface area contributed by atoms with Crippen molar-refractivity contribution in [3.8, 4) is 0 Å². The molecule has 2 rings (SSSR count). The molecule has 0 saturated heterocycles. The van der Waals surface area contributed by atoms with Gasteiger partial charge in [-0.1, -0.05) is 18.2 Å². The van der Waals surface area contributed by atoms with Crippen molar-refractivity contribution >= 4 is 15.8 Å². The van der Waals surface area contributed by atoms with E-state index < -0.39 is 21.4 Å². The van der Waals surface area contributed by atoms with Crippen LogP contribution in [0.2, 0.25) is 0 Å². The standard InChI is InChI=1S/C12H14O5S/c1-2-17-12(11(13)14)7-8-18(15,16)10-6-4-3-5-9(10)12/h3-6H,2,7-8H2,1H3,(H,13,14). The molecule has 5 nitrogen and oxygen atoms in total. The highest BCUT2D eigenvalue weighted by Crippen LogP contribution is 2.39. The Bertz CT molecular complexity index is 578. The van der Waals surface area contributed by atoms with E-state index in [4.69, 9.17) is 4.74 Å². The van der Waals surface area contributed by atoms with Gasteiger partial charge in [0.2, 0.25) is 0 Å². The maximum Gasteiger partial charge on any atom is 0.340 e. The first kappa shape index (κ1) is 13.0. The molecule has 1 aromatic rings. The molecule has 18 heavy (non-hydrogen) atoms. The average Bonchev–Trinajstić information content (AvgIpc) is 2.33. The van der Waals surface area contributed by atoms with E-state index >= 15 is 0 Å². The van der Waals surface area contributed by atoms with Gasteiger partial charge in [0.15, 0.2) is 15.4 Å². The Morgan fingerprint density at radius 2 is 2.11 bits per heavy atom. The van der Waals surface area contributed by atoms with Gasteiger partial charge in [0.25, 0.3) is 0 Å². The molecule has 0 fully saturated rings. The molecule has 1 heterocycles. The molecule has 0 bridgehead atoms. The Hall–Kier alpha value is -1.40. The van der Waals surface area contributed by atoms with E-state index in [2.05, 4.69) is 0 Å². The number of carboxylic acids is 1. The van der Waals surface area contributed by atoms with Gasteiger partial charge in [-0.3, -0.25) is 0 Å². The molecule has 1 aliphatic heterocycles. The van der Waals surface area contributed by atoms with Crippen LogP contribution in [0.3, 0.4) is 0 Å². The van der Waals surface area contributed by atoms with Crippen LogP contribution < -0.4 is 0 Å². The van der Waals surface area contributed by atoms with Crippen LogP contribution in [0.15, 0.2) is 29.2 Å².